The lowest BCUT2D eigenvalue weighted by atomic mass is 10.0. The van der Waals surface area contributed by atoms with E-state index in [0.717, 1.165) is 32.1 Å². The number of benzene rings is 2. The summed E-state index contributed by atoms with van der Waals surface area (Å²) in [7, 11) is 4.14. The number of hydrogen-bond acceptors (Lipinski definition) is 7. The van der Waals surface area contributed by atoms with Crippen molar-refractivity contribution < 1.29 is 17.9 Å². The first-order valence-electron chi connectivity index (χ1n) is 13.1. The van der Waals surface area contributed by atoms with Crippen molar-refractivity contribution in [3.63, 3.8) is 0 Å². The maximum absolute atomic E-state index is 15.1. The lowest BCUT2D eigenvalue weighted by Gasteiger charge is -2.36. The molecule has 2 aliphatic heterocycles. The fraction of sp³-hybridized carbons (Fsp3) is 0.379. The molecule has 3 aromatic rings. The summed E-state index contributed by atoms with van der Waals surface area (Å²) in [6.07, 6.45) is 2.95. The lowest BCUT2D eigenvalue weighted by Crippen LogP contribution is -2.42. The average Bonchev–Trinajstić information content (AvgIpc) is 2.89. The number of hydrogen-bond donors (Lipinski definition) is 1. The Kier molecular flexibility index (Phi) is 7.40. The van der Waals surface area contributed by atoms with Crippen molar-refractivity contribution >= 4 is 23.0 Å². The Morgan fingerprint density at radius 2 is 1.77 bits per heavy atom. The van der Waals surface area contributed by atoms with Crippen molar-refractivity contribution in [1.29, 1.82) is 0 Å². The summed E-state index contributed by atoms with van der Waals surface area (Å²) in [5, 5.41) is 2.95. The van der Waals surface area contributed by atoms with E-state index in [1.807, 2.05) is 18.7 Å². The topological polar surface area (TPSA) is 56.8 Å². The minimum atomic E-state index is -0.714. The molecule has 0 saturated carbocycles. The van der Waals surface area contributed by atoms with Crippen LogP contribution in [-0.4, -0.2) is 60.7 Å². The van der Waals surface area contributed by atoms with E-state index in [0.29, 0.717) is 28.8 Å². The van der Waals surface area contributed by atoms with Gasteiger partial charge in [0.2, 0.25) is 5.95 Å². The van der Waals surface area contributed by atoms with Crippen molar-refractivity contribution in [2.24, 2.45) is 0 Å². The van der Waals surface area contributed by atoms with Gasteiger partial charge in [-0.2, -0.15) is 0 Å². The Hall–Kier alpha value is -3.79. The van der Waals surface area contributed by atoms with Gasteiger partial charge in [0.25, 0.3) is 0 Å². The molecule has 1 aromatic heterocycles. The summed E-state index contributed by atoms with van der Waals surface area (Å²) >= 11 is 0. The van der Waals surface area contributed by atoms with Crippen LogP contribution >= 0.6 is 0 Å². The third-order valence-corrected chi connectivity index (χ3v) is 7.28. The zero-order valence-electron chi connectivity index (χ0n) is 22.6. The number of rotatable bonds is 6. The molecular formula is C29H33F3N6O. The zero-order valence-corrected chi connectivity index (χ0v) is 22.6. The second-order valence-electron chi connectivity index (χ2n) is 10.5. The van der Waals surface area contributed by atoms with Crippen molar-refractivity contribution in [2.75, 3.05) is 48.9 Å². The fourth-order valence-electron chi connectivity index (χ4n) is 5.30. The van der Waals surface area contributed by atoms with Crippen molar-refractivity contribution in [3.8, 4) is 17.0 Å². The maximum Gasteiger partial charge on any atom is 0.227 e. The molecule has 206 valence electrons. The van der Waals surface area contributed by atoms with E-state index >= 15 is 8.78 Å². The minimum Gasteiger partial charge on any atom is -0.482 e. The number of nitrogens with zero attached hydrogens (tertiary/aromatic N) is 5. The van der Waals surface area contributed by atoms with Crippen molar-refractivity contribution in [3.05, 3.63) is 66.3 Å². The van der Waals surface area contributed by atoms with Gasteiger partial charge >= 0.3 is 0 Å². The first-order valence-corrected chi connectivity index (χ1v) is 13.1. The highest BCUT2D eigenvalue weighted by Gasteiger charge is 2.28. The molecule has 7 nitrogen and oxygen atoms in total. The number of aromatic nitrogens is 2. The van der Waals surface area contributed by atoms with Gasteiger partial charge in [0.15, 0.2) is 17.4 Å². The van der Waals surface area contributed by atoms with E-state index in [-0.39, 0.29) is 41.4 Å². The minimum absolute atomic E-state index is 0.0144. The number of halogens is 3. The number of nitrogens with one attached hydrogen (secondary N) is 1. The second kappa shape index (κ2) is 10.8. The highest BCUT2D eigenvalue weighted by molar-refractivity contribution is 5.75. The monoisotopic (exact) mass is 538 g/mol. The average molecular weight is 539 g/mol. The molecule has 0 spiro atoms. The van der Waals surface area contributed by atoms with Crippen LogP contribution in [0.15, 0.2) is 48.8 Å². The van der Waals surface area contributed by atoms with E-state index < -0.39 is 11.6 Å². The zero-order chi connectivity index (χ0) is 27.8. The Balaban J connectivity index is 1.39. The first-order chi connectivity index (χ1) is 18.6. The maximum atomic E-state index is 15.1. The van der Waals surface area contributed by atoms with Crippen LogP contribution in [0.3, 0.4) is 0 Å². The van der Waals surface area contributed by atoms with Crippen molar-refractivity contribution in [2.45, 2.75) is 38.8 Å². The second-order valence-corrected chi connectivity index (χ2v) is 10.5. The largest absolute Gasteiger partial charge is 0.482 e. The van der Waals surface area contributed by atoms with Crippen LogP contribution in [0.1, 0.15) is 26.7 Å². The van der Waals surface area contributed by atoms with Gasteiger partial charge in [-0.05, 0) is 71.1 Å². The van der Waals surface area contributed by atoms with E-state index in [2.05, 4.69) is 45.8 Å². The van der Waals surface area contributed by atoms with E-state index in [9.17, 15) is 4.39 Å². The highest BCUT2D eigenvalue weighted by Crippen LogP contribution is 2.41. The highest BCUT2D eigenvalue weighted by atomic mass is 19.1. The smallest absolute Gasteiger partial charge is 0.227 e. The van der Waals surface area contributed by atoms with Gasteiger partial charge in [0.1, 0.15) is 18.1 Å². The molecule has 39 heavy (non-hydrogen) atoms. The van der Waals surface area contributed by atoms with E-state index in [1.54, 1.807) is 18.2 Å². The number of anilines is 4. The molecule has 0 radical (unpaired) electrons. The summed E-state index contributed by atoms with van der Waals surface area (Å²) < 4.78 is 50.6. The van der Waals surface area contributed by atoms with Crippen LogP contribution in [0, 0.1) is 17.5 Å². The SMILES string of the molecule is C=C1COc2c(F)cc(-c3nc(Nc4ccc(N5CCC(N(C)C)CC5)c(F)c4)ncc3F)cc2N1C(C)C. The normalized spacial score (nSPS) is 16.1. The van der Waals surface area contributed by atoms with Gasteiger partial charge in [-0.25, -0.2) is 23.1 Å². The summed E-state index contributed by atoms with van der Waals surface area (Å²) in [6, 6.07) is 8.15. The molecule has 2 aromatic carbocycles. The summed E-state index contributed by atoms with van der Waals surface area (Å²) in [6.45, 7) is 9.64. The Morgan fingerprint density at radius 1 is 1.03 bits per heavy atom. The molecule has 0 amide bonds. The molecule has 0 aliphatic carbocycles. The van der Waals surface area contributed by atoms with E-state index in [4.69, 9.17) is 4.74 Å². The van der Waals surface area contributed by atoms with Crippen molar-refractivity contribution in [1.82, 2.24) is 14.9 Å². The summed E-state index contributed by atoms with van der Waals surface area (Å²) in [5.74, 6) is -1.55. The van der Waals surface area contributed by atoms with Gasteiger partial charge in [-0.3, -0.25) is 0 Å². The molecule has 0 bridgehead atoms. The van der Waals surface area contributed by atoms with Crippen LogP contribution in [0.25, 0.3) is 11.3 Å². The molecule has 1 fully saturated rings. The van der Waals surface area contributed by atoms with Gasteiger partial charge in [-0.15, -0.1) is 0 Å². The predicted molar refractivity (Wildman–Crippen MR) is 148 cm³/mol. The number of piperidine rings is 1. The molecule has 1 saturated heterocycles. The number of ether oxygens (including phenoxy) is 1. The standard InChI is InChI=1S/C29H33F3N6O/c1-17(2)38-18(3)16-39-28-23(31)12-19(13-26(28)38)27-24(32)15-33-29(35-27)34-20-6-7-25(22(30)14-20)37-10-8-21(9-11-37)36(4)5/h6-7,12-15,17,21H,3,8-11,16H2,1-2,4-5H3,(H,33,34,35). The first kappa shape index (κ1) is 26.8. The molecule has 0 atom stereocenters. The molecule has 2 aliphatic rings. The van der Waals surface area contributed by atoms with Gasteiger partial charge in [0.05, 0.1) is 17.6 Å². The van der Waals surface area contributed by atoms with Crippen LogP contribution < -0.4 is 19.9 Å². The van der Waals surface area contributed by atoms with Crippen LogP contribution in [0.2, 0.25) is 0 Å². The van der Waals surface area contributed by atoms with E-state index in [1.165, 1.54) is 12.1 Å². The van der Waals surface area contributed by atoms with Crippen LogP contribution in [0.4, 0.5) is 36.2 Å². The summed E-state index contributed by atoms with van der Waals surface area (Å²) in [4.78, 5) is 14.4. The Morgan fingerprint density at radius 3 is 2.44 bits per heavy atom. The summed E-state index contributed by atoms with van der Waals surface area (Å²) in [5.41, 5.74) is 2.23. The molecular weight excluding hydrogens is 505 g/mol. The quantitative estimate of drug-likeness (QED) is 0.416. The predicted octanol–water partition coefficient (Wildman–Crippen LogP) is 5.96. The van der Waals surface area contributed by atoms with Crippen LogP contribution in [-0.2, 0) is 0 Å². The third kappa shape index (κ3) is 5.38. The lowest BCUT2D eigenvalue weighted by molar-refractivity contribution is 0.249. The molecule has 0 unspecified atom stereocenters. The molecule has 10 heteroatoms. The molecule has 3 heterocycles. The van der Waals surface area contributed by atoms with Gasteiger partial charge < -0.3 is 24.8 Å². The van der Waals surface area contributed by atoms with Crippen LogP contribution in [0.5, 0.6) is 5.75 Å². The Labute approximate surface area is 226 Å². The molecule has 1 N–H and O–H groups in total. The third-order valence-electron chi connectivity index (χ3n) is 7.28. The Bertz CT molecular complexity index is 1390. The number of fused-ring (bicyclic) bond motifs is 1. The van der Waals surface area contributed by atoms with Gasteiger partial charge in [0, 0.05) is 42.1 Å². The van der Waals surface area contributed by atoms with Gasteiger partial charge in [-0.1, -0.05) is 6.58 Å². The molecule has 5 rings (SSSR count). The fourth-order valence-corrected chi connectivity index (χ4v) is 5.30.